The highest BCUT2D eigenvalue weighted by molar-refractivity contribution is 5.69. The van der Waals surface area contributed by atoms with E-state index in [1.165, 1.54) is 64.9 Å². The maximum atomic E-state index is 11.7. The molecule has 4 saturated carbocycles. The summed E-state index contributed by atoms with van der Waals surface area (Å²) < 4.78 is 4.92. The smallest absolute Gasteiger partial charge is 0.305 e. The predicted molar refractivity (Wildman–Crippen MR) is 141 cm³/mol. The van der Waals surface area contributed by atoms with Gasteiger partial charge >= 0.3 is 5.97 Å². The maximum absolute atomic E-state index is 11.7. The van der Waals surface area contributed by atoms with Crippen molar-refractivity contribution < 1.29 is 9.53 Å². The van der Waals surface area contributed by atoms with Crippen LogP contribution in [0.1, 0.15) is 105 Å². The van der Waals surface area contributed by atoms with Crippen LogP contribution in [0.4, 0.5) is 0 Å². The summed E-state index contributed by atoms with van der Waals surface area (Å²) in [4.78, 5) is 11.7. The molecule has 0 aromatic heterocycles. The van der Waals surface area contributed by atoms with Crippen LogP contribution in [-0.2, 0) is 9.53 Å². The molecule has 0 aromatic rings. The van der Waals surface area contributed by atoms with Crippen LogP contribution in [0.25, 0.3) is 0 Å². The molecule has 196 valence electrons. The third kappa shape index (κ3) is 5.10. The van der Waals surface area contributed by atoms with Crippen molar-refractivity contribution in [2.45, 2.75) is 117 Å². The van der Waals surface area contributed by atoms with Crippen LogP contribution in [0, 0.1) is 46.3 Å². The van der Waals surface area contributed by atoms with Gasteiger partial charge in [0.15, 0.2) is 0 Å². The molecule has 0 aromatic carbocycles. The normalized spacial score (nSPS) is 42.6. The Kier molecular flexibility index (Phi) is 8.39. The molecule has 2 N–H and O–H groups in total. The van der Waals surface area contributed by atoms with Gasteiger partial charge in [0.1, 0.15) is 0 Å². The van der Waals surface area contributed by atoms with E-state index in [0.29, 0.717) is 29.2 Å². The van der Waals surface area contributed by atoms with Crippen molar-refractivity contribution in [2.75, 3.05) is 20.2 Å². The van der Waals surface area contributed by atoms with Gasteiger partial charge in [0.25, 0.3) is 0 Å². The SMILES string of the molecule is COC(=O)CC[C@@H](C)[C@H]1CCC2C3CC[C@H]4C[C@H](NCCNC(C)C)CC[C@]4(C)C3CC[C@@]21C. The summed E-state index contributed by atoms with van der Waals surface area (Å²) in [5.41, 5.74) is 1.05. The Balaban J connectivity index is 1.36. The Bertz CT molecular complexity index is 695. The van der Waals surface area contributed by atoms with E-state index in [9.17, 15) is 4.79 Å². The summed E-state index contributed by atoms with van der Waals surface area (Å²) >= 11 is 0. The van der Waals surface area contributed by atoms with Crippen molar-refractivity contribution in [1.29, 1.82) is 0 Å². The molecule has 34 heavy (non-hydrogen) atoms. The first kappa shape index (κ1) is 26.5. The first-order valence-electron chi connectivity index (χ1n) is 14.7. The number of nitrogens with one attached hydrogen (secondary N) is 2. The molecular formula is C30H54N2O2. The Morgan fingerprint density at radius 1 is 0.941 bits per heavy atom. The maximum Gasteiger partial charge on any atom is 0.305 e. The van der Waals surface area contributed by atoms with Crippen molar-refractivity contribution in [2.24, 2.45) is 46.3 Å². The van der Waals surface area contributed by atoms with Gasteiger partial charge in [-0.05, 0) is 111 Å². The van der Waals surface area contributed by atoms with E-state index in [-0.39, 0.29) is 5.97 Å². The third-order valence-corrected chi connectivity index (χ3v) is 11.6. The highest BCUT2D eigenvalue weighted by Crippen LogP contribution is 2.68. The highest BCUT2D eigenvalue weighted by Gasteiger charge is 2.60. The fourth-order valence-corrected chi connectivity index (χ4v) is 9.70. The summed E-state index contributed by atoms with van der Waals surface area (Å²) in [6, 6.07) is 1.30. The van der Waals surface area contributed by atoms with Crippen LogP contribution in [0.15, 0.2) is 0 Å². The molecule has 4 heteroatoms. The Morgan fingerprint density at radius 2 is 1.68 bits per heavy atom. The lowest BCUT2D eigenvalue weighted by atomic mass is 9.44. The second-order valence-electron chi connectivity index (χ2n) is 13.5. The lowest BCUT2D eigenvalue weighted by Gasteiger charge is -2.61. The number of rotatable bonds is 9. The van der Waals surface area contributed by atoms with Gasteiger partial charge in [-0.15, -0.1) is 0 Å². The van der Waals surface area contributed by atoms with E-state index < -0.39 is 0 Å². The Hall–Kier alpha value is -0.610. The number of hydrogen-bond acceptors (Lipinski definition) is 4. The average molecular weight is 475 g/mol. The van der Waals surface area contributed by atoms with E-state index in [2.05, 4.69) is 45.3 Å². The van der Waals surface area contributed by atoms with E-state index in [1.54, 1.807) is 0 Å². The molecule has 0 spiro atoms. The van der Waals surface area contributed by atoms with Gasteiger partial charge in [0.2, 0.25) is 0 Å². The van der Waals surface area contributed by atoms with Gasteiger partial charge < -0.3 is 15.4 Å². The van der Waals surface area contributed by atoms with E-state index in [1.807, 2.05) is 0 Å². The van der Waals surface area contributed by atoms with Crippen molar-refractivity contribution in [3.63, 3.8) is 0 Å². The molecular weight excluding hydrogens is 420 g/mol. The second kappa shape index (κ2) is 10.8. The van der Waals surface area contributed by atoms with Crippen LogP contribution in [0.5, 0.6) is 0 Å². The molecule has 0 heterocycles. The minimum absolute atomic E-state index is 0.0391. The molecule has 9 atom stereocenters. The van der Waals surface area contributed by atoms with Crippen molar-refractivity contribution in [3.05, 3.63) is 0 Å². The highest BCUT2D eigenvalue weighted by atomic mass is 16.5. The van der Waals surface area contributed by atoms with Crippen LogP contribution in [-0.4, -0.2) is 38.3 Å². The van der Waals surface area contributed by atoms with Crippen LogP contribution < -0.4 is 10.6 Å². The average Bonchev–Trinajstić information content (AvgIpc) is 3.17. The lowest BCUT2D eigenvalue weighted by Crippen LogP contribution is -2.55. The topological polar surface area (TPSA) is 50.4 Å². The fourth-order valence-electron chi connectivity index (χ4n) is 9.70. The summed E-state index contributed by atoms with van der Waals surface area (Å²) in [6.07, 6.45) is 14.4. The lowest BCUT2D eigenvalue weighted by molar-refractivity contribution is -0.141. The monoisotopic (exact) mass is 474 g/mol. The first-order valence-corrected chi connectivity index (χ1v) is 14.7. The fraction of sp³-hybridized carbons (Fsp3) is 0.967. The number of fused-ring (bicyclic) bond motifs is 5. The van der Waals surface area contributed by atoms with Gasteiger partial charge in [-0.25, -0.2) is 0 Å². The zero-order valence-electron chi connectivity index (χ0n) is 23.1. The molecule has 0 saturated heterocycles. The van der Waals surface area contributed by atoms with Gasteiger partial charge in [-0.1, -0.05) is 34.6 Å². The first-order chi connectivity index (χ1) is 16.2. The predicted octanol–water partition coefficient (Wildman–Crippen LogP) is 6.19. The van der Waals surface area contributed by atoms with E-state index in [0.717, 1.165) is 55.1 Å². The third-order valence-electron chi connectivity index (χ3n) is 11.6. The van der Waals surface area contributed by atoms with Gasteiger partial charge in [0, 0.05) is 31.6 Å². The number of carbonyl (C=O) groups is 1. The van der Waals surface area contributed by atoms with E-state index in [4.69, 9.17) is 4.74 Å². The molecule has 0 amide bonds. The summed E-state index contributed by atoms with van der Waals surface area (Å²) in [6.45, 7) is 14.4. The number of esters is 1. The summed E-state index contributed by atoms with van der Waals surface area (Å²) in [5.74, 6) is 5.08. The molecule has 4 rings (SSSR count). The Morgan fingerprint density at radius 3 is 2.41 bits per heavy atom. The minimum atomic E-state index is -0.0391. The molecule has 4 fully saturated rings. The summed E-state index contributed by atoms with van der Waals surface area (Å²) in [5, 5.41) is 7.44. The number of hydrogen-bond donors (Lipinski definition) is 2. The summed E-state index contributed by atoms with van der Waals surface area (Å²) in [7, 11) is 1.52. The molecule has 4 nitrogen and oxygen atoms in total. The van der Waals surface area contributed by atoms with Crippen molar-refractivity contribution >= 4 is 5.97 Å². The molecule has 4 aliphatic carbocycles. The minimum Gasteiger partial charge on any atom is -0.469 e. The number of carbonyl (C=O) groups excluding carboxylic acids is 1. The zero-order valence-corrected chi connectivity index (χ0v) is 23.1. The van der Waals surface area contributed by atoms with Gasteiger partial charge in [-0.3, -0.25) is 4.79 Å². The molecule has 3 unspecified atom stereocenters. The quantitative estimate of drug-likeness (QED) is 0.309. The van der Waals surface area contributed by atoms with E-state index >= 15 is 0 Å². The second-order valence-corrected chi connectivity index (χ2v) is 13.5. The Labute approximate surface area is 210 Å². The van der Waals surface area contributed by atoms with Gasteiger partial charge in [0.05, 0.1) is 7.11 Å². The number of methoxy groups -OCH3 is 1. The molecule has 0 radical (unpaired) electrons. The van der Waals surface area contributed by atoms with Gasteiger partial charge in [-0.2, -0.15) is 0 Å². The number of ether oxygens (including phenoxy) is 1. The van der Waals surface area contributed by atoms with Crippen molar-refractivity contribution in [3.8, 4) is 0 Å². The van der Waals surface area contributed by atoms with Crippen molar-refractivity contribution in [1.82, 2.24) is 10.6 Å². The van der Waals surface area contributed by atoms with Crippen LogP contribution in [0.3, 0.4) is 0 Å². The molecule has 4 aliphatic rings. The van der Waals surface area contributed by atoms with Crippen LogP contribution in [0.2, 0.25) is 0 Å². The van der Waals surface area contributed by atoms with Crippen LogP contribution >= 0.6 is 0 Å². The molecule has 0 bridgehead atoms. The molecule has 0 aliphatic heterocycles. The largest absolute Gasteiger partial charge is 0.469 e. The standard InChI is InChI=1S/C30H54N2O2/c1-20(2)31-17-18-32-23-13-15-29(4)22(19-23)8-9-24-26-11-10-25(21(3)7-12-28(33)34-6)30(26,5)16-14-27(24)29/h20-27,31-32H,7-19H2,1-6H3/t21-,22+,23-,24?,25-,26?,27?,29+,30-/m1/s1. The zero-order chi connectivity index (χ0) is 24.5.